The molecule has 0 unspecified atom stereocenters. The lowest BCUT2D eigenvalue weighted by Gasteiger charge is -2.19. The average molecular weight is 240 g/mol. The Labute approximate surface area is 89.2 Å². The van der Waals surface area contributed by atoms with E-state index in [1.165, 1.54) is 0 Å². The van der Waals surface area contributed by atoms with E-state index in [2.05, 4.69) is 4.74 Å². The minimum Gasteiger partial charge on any atom is -0.452 e. The van der Waals surface area contributed by atoms with E-state index >= 15 is 0 Å². The minimum atomic E-state index is -3.91. The van der Waals surface area contributed by atoms with Crippen LogP contribution in [-0.2, 0) is 14.9 Å². The SMILES string of the molecule is CCCN(CCO)S(=O)(=O)NC(=O)OC. The zero-order valence-corrected chi connectivity index (χ0v) is 9.58. The molecule has 2 N–H and O–H groups in total. The van der Waals surface area contributed by atoms with Crippen LogP contribution in [0.2, 0.25) is 0 Å². The van der Waals surface area contributed by atoms with Crippen LogP contribution in [0.4, 0.5) is 4.79 Å². The van der Waals surface area contributed by atoms with Gasteiger partial charge in [-0.15, -0.1) is 0 Å². The van der Waals surface area contributed by atoms with Gasteiger partial charge in [0, 0.05) is 13.1 Å². The lowest BCUT2D eigenvalue weighted by Crippen LogP contribution is -2.44. The van der Waals surface area contributed by atoms with E-state index in [-0.39, 0.29) is 19.7 Å². The maximum atomic E-state index is 11.5. The van der Waals surface area contributed by atoms with Gasteiger partial charge in [-0.25, -0.2) is 9.52 Å². The van der Waals surface area contributed by atoms with Crippen LogP contribution in [-0.4, -0.2) is 50.7 Å². The summed E-state index contributed by atoms with van der Waals surface area (Å²) in [6.07, 6.45) is -0.462. The average Bonchev–Trinajstić information content (AvgIpc) is 2.16. The molecule has 0 bridgehead atoms. The fourth-order valence-electron chi connectivity index (χ4n) is 0.925. The van der Waals surface area contributed by atoms with E-state index in [1.807, 2.05) is 0 Å². The summed E-state index contributed by atoms with van der Waals surface area (Å²) in [6.45, 7) is 1.66. The Morgan fingerprint density at radius 1 is 1.47 bits per heavy atom. The molecule has 0 rings (SSSR count). The maximum Gasteiger partial charge on any atom is 0.421 e. The van der Waals surface area contributed by atoms with Gasteiger partial charge in [-0.1, -0.05) is 6.92 Å². The Hall–Kier alpha value is -0.860. The largest absolute Gasteiger partial charge is 0.452 e. The summed E-state index contributed by atoms with van der Waals surface area (Å²) in [7, 11) is -2.84. The molecule has 0 fully saturated rings. The van der Waals surface area contributed by atoms with Crippen molar-refractivity contribution in [2.45, 2.75) is 13.3 Å². The third-order valence-electron chi connectivity index (χ3n) is 1.56. The molecule has 7 nitrogen and oxygen atoms in total. The number of carbonyl (C=O) groups is 1. The number of hydrogen-bond acceptors (Lipinski definition) is 5. The molecule has 0 aliphatic heterocycles. The van der Waals surface area contributed by atoms with Crippen LogP contribution in [0.3, 0.4) is 0 Å². The summed E-state index contributed by atoms with van der Waals surface area (Å²) >= 11 is 0. The monoisotopic (exact) mass is 240 g/mol. The molecule has 0 saturated carbocycles. The van der Waals surface area contributed by atoms with Crippen LogP contribution >= 0.6 is 0 Å². The van der Waals surface area contributed by atoms with E-state index in [0.717, 1.165) is 11.4 Å². The van der Waals surface area contributed by atoms with Gasteiger partial charge < -0.3 is 9.84 Å². The van der Waals surface area contributed by atoms with Crippen LogP contribution in [0.15, 0.2) is 0 Å². The standard InChI is InChI=1S/C7H16N2O5S/c1-3-4-9(5-6-10)15(12,13)8-7(11)14-2/h10H,3-6H2,1-2H3,(H,8,11). The van der Waals surface area contributed by atoms with Gasteiger partial charge in [0.25, 0.3) is 0 Å². The number of nitrogens with zero attached hydrogens (tertiary/aromatic N) is 1. The quantitative estimate of drug-likeness (QED) is 0.639. The second-order valence-electron chi connectivity index (χ2n) is 2.72. The van der Waals surface area contributed by atoms with Crippen LogP contribution < -0.4 is 4.72 Å². The fraction of sp³-hybridized carbons (Fsp3) is 0.857. The Balaban J connectivity index is 4.56. The van der Waals surface area contributed by atoms with Gasteiger partial charge in [0.05, 0.1) is 13.7 Å². The second kappa shape index (κ2) is 6.59. The van der Waals surface area contributed by atoms with E-state index in [0.29, 0.717) is 6.42 Å². The van der Waals surface area contributed by atoms with Gasteiger partial charge in [-0.2, -0.15) is 12.7 Å². The number of ether oxygens (including phenoxy) is 1. The lowest BCUT2D eigenvalue weighted by atomic mass is 10.5. The first-order chi connectivity index (χ1) is 6.97. The van der Waals surface area contributed by atoms with Crippen molar-refractivity contribution in [2.24, 2.45) is 0 Å². The number of hydrogen-bond donors (Lipinski definition) is 2. The Kier molecular flexibility index (Phi) is 6.21. The van der Waals surface area contributed by atoms with Gasteiger partial charge in [-0.05, 0) is 6.42 Å². The molecule has 8 heteroatoms. The summed E-state index contributed by atoms with van der Waals surface area (Å²) in [4.78, 5) is 10.7. The zero-order valence-electron chi connectivity index (χ0n) is 8.76. The molecule has 0 aliphatic carbocycles. The van der Waals surface area contributed by atoms with Crippen LogP contribution in [0.5, 0.6) is 0 Å². The molecule has 90 valence electrons. The van der Waals surface area contributed by atoms with Crippen LogP contribution in [0, 0.1) is 0 Å². The number of nitrogens with one attached hydrogen (secondary N) is 1. The summed E-state index contributed by atoms with van der Waals surface area (Å²) in [5, 5.41) is 8.67. The first-order valence-corrected chi connectivity index (χ1v) is 5.88. The molecule has 0 atom stereocenters. The molecule has 0 aromatic heterocycles. The number of amides is 1. The van der Waals surface area contributed by atoms with E-state index in [4.69, 9.17) is 5.11 Å². The van der Waals surface area contributed by atoms with Gasteiger partial charge in [0.1, 0.15) is 0 Å². The van der Waals surface area contributed by atoms with Gasteiger partial charge in [0.15, 0.2) is 0 Å². The van der Waals surface area contributed by atoms with Gasteiger partial charge in [-0.3, -0.25) is 0 Å². The summed E-state index contributed by atoms with van der Waals surface area (Å²) in [6, 6.07) is 0. The van der Waals surface area contributed by atoms with Crippen molar-refractivity contribution in [3.05, 3.63) is 0 Å². The normalized spacial score (nSPS) is 11.5. The summed E-state index contributed by atoms with van der Waals surface area (Å²) < 4.78 is 29.8. The first-order valence-electron chi connectivity index (χ1n) is 4.44. The van der Waals surface area contributed by atoms with Crippen molar-refractivity contribution in [3.63, 3.8) is 0 Å². The lowest BCUT2D eigenvalue weighted by molar-refractivity contribution is 0.176. The summed E-state index contributed by atoms with van der Waals surface area (Å²) in [5.74, 6) is 0. The third-order valence-corrected chi connectivity index (χ3v) is 3.03. The van der Waals surface area contributed by atoms with Gasteiger partial charge in [0.2, 0.25) is 0 Å². The molecule has 0 radical (unpaired) electrons. The predicted molar refractivity (Wildman–Crippen MR) is 53.4 cm³/mol. The van der Waals surface area contributed by atoms with Gasteiger partial charge >= 0.3 is 16.3 Å². The molecule has 1 amide bonds. The molecule has 0 saturated heterocycles. The number of carbonyl (C=O) groups excluding carboxylic acids is 1. The number of aliphatic hydroxyl groups is 1. The van der Waals surface area contributed by atoms with Crippen molar-refractivity contribution in [2.75, 3.05) is 26.8 Å². The van der Waals surface area contributed by atoms with E-state index in [9.17, 15) is 13.2 Å². The highest BCUT2D eigenvalue weighted by Crippen LogP contribution is 1.99. The molecule has 0 spiro atoms. The molecule has 15 heavy (non-hydrogen) atoms. The Bertz CT molecular complexity index is 284. The second-order valence-corrected chi connectivity index (χ2v) is 4.39. The highest BCUT2D eigenvalue weighted by atomic mass is 32.2. The Morgan fingerprint density at radius 2 is 2.07 bits per heavy atom. The minimum absolute atomic E-state index is 0.0554. The smallest absolute Gasteiger partial charge is 0.421 e. The third kappa shape index (κ3) is 4.96. The molecule has 0 heterocycles. The predicted octanol–water partition coefficient (Wildman–Crippen LogP) is -0.709. The van der Waals surface area contributed by atoms with Crippen molar-refractivity contribution in [1.82, 2.24) is 9.03 Å². The van der Waals surface area contributed by atoms with Crippen LogP contribution in [0.25, 0.3) is 0 Å². The number of aliphatic hydroxyl groups excluding tert-OH is 1. The van der Waals surface area contributed by atoms with Crippen LogP contribution in [0.1, 0.15) is 13.3 Å². The Morgan fingerprint density at radius 3 is 2.47 bits per heavy atom. The van der Waals surface area contributed by atoms with Crippen molar-refractivity contribution < 1.29 is 23.1 Å². The maximum absolute atomic E-state index is 11.5. The van der Waals surface area contributed by atoms with Crippen molar-refractivity contribution >= 4 is 16.3 Å². The van der Waals surface area contributed by atoms with Crippen molar-refractivity contribution in [3.8, 4) is 0 Å². The number of rotatable bonds is 6. The van der Waals surface area contributed by atoms with E-state index < -0.39 is 16.3 Å². The molecule has 0 aliphatic rings. The molecule has 0 aromatic rings. The molecule has 0 aromatic carbocycles. The highest BCUT2D eigenvalue weighted by molar-refractivity contribution is 7.87. The number of methoxy groups -OCH3 is 1. The summed E-state index contributed by atoms with van der Waals surface area (Å²) in [5.41, 5.74) is 0. The first kappa shape index (κ1) is 14.1. The highest BCUT2D eigenvalue weighted by Gasteiger charge is 2.23. The fourth-order valence-corrected chi connectivity index (χ4v) is 2.09. The van der Waals surface area contributed by atoms with Crippen molar-refractivity contribution in [1.29, 1.82) is 0 Å². The molecular formula is C7H16N2O5S. The van der Waals surface area contributed by atoms with E-state index in [1.54, 1.807) is 11.6 Å². The zero-order chi connectivity index (χ0) is 11.9. The molecular weight excluding hydrogens is 224 g/mol. The topological polar surface area (TPSA) is 95.9 Å².